The molecule has 0 saturated carbocycles. The van der Waals surface area contributed by atoms with E-state index < -0.39 is 0 Å². The summed E-state index contributed by atoms with van der Waals surface area (Å²) >= 11 is 0. The van der Waals surface area contributed by atoms with E-state index >= 15 is 0 Å². The van der Waals surface area contributed by atoms with Gasteiger partial charge in [-0.1, -0.05) is 0 Å². The Hall–Kier alpha value is -1.65. The van der Waals surface area contributed by atoms with Crippen molar-refractivity contribution in [2.75, 3.05) is 24.5 Å². The first-order chi connectivity index (χ1) is 9.54. The maximum atomic E-state index is 10.9. The van der Waals surface area contributed by atoms with E-state index in [0.717, 1.165) is 43.4 Å². The van der Waals surface area contributed by atoms with Crippen molar-refractivity contribution < 1.29 is 4.79 Å². The quantitative estimate of drug-likeness (QED) is 0.911. The fourth-order valence-electron chi connectivity index (χ4n) is 2.78. The van der Waals surface area contributed by atoms with E-state index in [-0.39, 0.29) is 5.91 Å². The summed E-state index contributed by atoms with van der Waals surface area (Å²) in [5.74, 6) is 1.52. The molecule has 1 aliphatic rings. The van der Waals surface area contributed by atoms with Gasteiger partial charge in [0.1, 0.15) is 0 Å². The molecule has 2 heterocycles. The molecule has 5 heteroatoms. The van der Waals surface area contributed by atoms with Crippen molar-refractivity contribution >= 4 is 11.9 Å². The van der Waals surface area contributed by atoms with Crippen LogP contribution in [0, 0.1) is 19.8 Å². The third-order valence-electron chi connectivity index (χ3n) is 3.70. The summed E-state index contributed by atoms with van der Waals surface area (Å²) in [4.78, 5) is 22.3. The van der Waals surface area contributed by atoms with Gasteiger partial charge in [-0.2, -0.15) is 0 Å². The van der Waals surface area contributed by atoms with Crippen LogP contribution < -0.4 is 10.2 Å². The molecule has 5 nitrogen and oxygen atoms in total. The summed E-state index contributed by atoms with van der Waals surface area (Å²) < 4.78 is 0. The molecule has 1 atom stereocenters. The molecule has 0 bridgehead atoms. The molecule has 1 fully saturated rings. The fraction of sp³-hybridized carbons (Fsp3) is 0.667. The zero-order valence-corrected chi connectivity index (χ0v) is 12.6. The minimum absolute atomic E-state index is 0.0512. The monoisotopic (exact) mass is 276 g/mol. The molecule has 0 spiro atoms. The van der Waals surface area contributed by atoms with E-state index in [1.165, 1.54) is 12.8 Å². The topological polar surface area (TPSA) is 58.1 Å². The molecule has 1 amide bonds. The molecule has 0 aliphatic carbocycles. The van der Waals surface area contributed by atoms with Gasteiger partial charge in [0, 0.05) is 37.9 Å². The number of piperidine rings is 1. The number of carbonyl (C=O) groups excluding carboxylic acids is 1. The third-order valence-corrected chi connectivity index (χ3v) is 3.70. The number of carbonyl (C=O) groups is 1. The maximum absolute atomic E-state index is 10.9. The van der Waals surface area contributed by atoms with Crippen molar-refractivity contribution in [2.45, 2.75) is 40.0 Å². The average molecular weight is 276 g/mol. The van der Waals surface area contributed by atoms with Crippen LogP contribution in [-0.2, 0) is 4.79 Å². The summed E-state index contributed by atoms with van der Waals surface area (Å²) in [6.45, 7) is 8.37. The zero-order valence-electron chi connectivity index (χ0n) is 12.6. The van der Waals surface area contributed by atoms with Crippen molar-refractivity contribution in [2.24, 2.45) is 5.92 Å². The molecule has 0 radical (unpaired) electrons. The van der Waals surface area contributed by atoms with Gasteiger partial charge in [-0.15, -0.1) is 0 Å². The second kappa shape index (κ2) is 6.68. The van der Waals surface area contributed by atoms with Gasteiger partial charge in [0.15, 0.2) is 0 Å². The first-order valence-corrected chi connectivity index (χ1v) is 7.36. The highest BCUT2D eigenvalue weighted by molar-refractivity contribution is 5.72. The van der Waals surface area contributed by atoms with E-state index in [4.69, 9.17) is 0 Å². The van der Waals surface area contributed by atoms with Crippen LogP contribution in [0.1, 0.15) is 37.6 Å². The third kappa shape index (κ3) is 4.18. The molecule has 1 aromatic heterocycles. The summed E-state index contributed by atoms with van der Waals surface area (Å²) in [5.41, 5.74) is 2.04. The van der Waals surface area contributed by atoms with Gasteiger partial charge < -0.3 is 10.2 Å². The Bertz CT molecular complexity index is 455. The zero-order chi connectivity index (χ0) is 14.5. The molecule has 1 N–H and O–H groups in total. The van der Waals surface area contributed by atoms with Crippen LogP contribution in [-0.4, -0.2) is 35.5 Å². The largest absolute Gasteiger partial charge is 0.356 e. The van der Waals surface area contributed by atoms with Crippen LogP contribution in [0.2, 0.25) is 0 Å². The normalized spacial score (nSPS) is 18.9. The van der Waals surface area contributed by atoms with Gasteiger partial charge in [0.05, 0.1) is 0 Å². The predicted octanol–water partition coefficient (Wildman–Crippen LogP) is 1.84. The fourth-order valence-corrected chi connectivity index (χ4v) is 2.78. The minimum Gasteiger partial charge on any atom is -0.356 e. The minimum atomic E-state index is 0.0512. The Labute approximate surface area is 120 Å². The molecule has 2 rings (SSSR count). The molecule has 1 aliphatic heterocycles. The molecule has 1 aromatic rings. The number of rotatable bonds is 4. The number of hydrogen-bond acceptors (Lipinski definition) is 4. The van der Waals surface area contributed by atoms with Crippen LogP contribution in [0.3, 0.4) is 0 Å². The Balaban J connectivity index is 1.94. The first-order valence-electron chi connectivity index (χ1n) is 7.36. The van der Waals surface area contributed by atoms with Crippen molar-refractivity contribution in [3.63, 3.8) is 0 Å². The number of nitrogens with zero attached hydrogens (tertiary/aromatic N) is 3. The van der Waals surface area contributed by atoms with Crippen molar-refractivity contribution in [1.29, 1.82) is 0 Å². The Kier molecular flexibility index (Phi) is 4.93. The number of nitrogens with one attached hydrogen (secondary N) is 1. The molecule has 0 aromatic carbocycles. The average Bonchev–Trinajstić information content (AvgIpc) is 2.37. The van der Waals surface area contributed by atoms with Crippen LogP contribution in [0.5, 0.6) is 0 Å². The lowest BCUT2D eigenvalue weighted by Gasteiger charge is -2.33. The molecular weight excluding hydrogens is 252 g/mol. The van der Waals surface area contributed by atoms with Gasteiger partial charge in [-0.05, 0) is 45.1 Å². The number of hydrogen-bond donors (Lipinski definition) is 1. The van der Waals surface area contributed by atoms with E-state index in [1.54, 1.807) is 6.92 Å². The highest BCUT2D eigenvalue weighted by atomic mass is 16.1. The highest BCUT2D eigenvalue weighted by Crippen LogP contribution is 2.22. The van der Waals surface area contributed by atoms with E-state index in [2.05, 4.69) is 20.2 Å². The second-order valence-corrected chi connectivity index (χ2v) is 5.68. The molecule has 1 saturated heterocycles. The second-order valence-electron chi connectivity index (χ2n) is 5.68. The van der Waals surface area contributed by atoms with Crippen molar-refractivity contribution in [3.8, 4) is 0 Å². The SMILES string of the molecule is CC(=O)NCC[C@H]1CCCN(c2nc(C)cc(C)n2)C1. The standard InChI is InChI=1S/C15H24N4O/c1-11-9-12(2)18-15(17-11)19-8-4-5-14(10-19)6-7-16-13(3)20/h9,14H,4-8,10H2,1-3H3,(H,16,20)/t14-/m1/s1. The number of aromatic nitrogens is 2. The van der Waals surface area contributed by atoms with Gasteiger partial charge in [0.25, 0.3) is 0 Å². The Morgan fingerprint density at radius 1 is 1.40 bits per heavy atom. The molecular formula is C15H24N4O. The van der Waals surface area contributed by atoms with Gasteiger partial charge in [-0.3, -0.25) is 4.79 Å². The highest BCUT2D eigenvalue weighted by Gasteiger charge is 2.21. The van der Waals surface area contributed by atoms with E-state index in [9.17, 15) is 4.79 Å². The number of aryl methyl sites for hydroxylation is 2. The predicted molar refractivity (Wildman–Crippen MR) is 79.7 cm³/mol. The Morgan fingerprint density at radius 2 is 2.10 bits per heavy atom. The van der Waals surface area contributed by atoms with Crippen molar-refractivity contribution in [1.82, 2.24) is 15.3 Å². The van der Waals surface area contributed by atoms with Gasteiger partial charge in [0.2, 0.25) is 11.9 Å². The number of amides is 1. The Morgan fingerprint density at radius 3 is 2.75 bits per heavy atom. The van der Waals surface area contributed by atoms with Gasteiger partial charge in [-0.25, -0.2) is 9.97 Å². The van der Waals surface area contributed by atoms with E-state index in [1.807, 2.05) is 19.9 Å². The van der Waals surface area contributed by atoms with Crippen LogP contribution in [0.4, 0.5) is 5.95 Å². The number of anilines is 1. The van der Waals surface area contributed by atoms with Crippen LogP contribution in [0.15, 0.2) is 6.07 Å². The summed E-state index contributed by atoms with van der Waals surface area (Å²) in [7, 11) is 0. The van der Waals surface area contributed by atoms with Crippen molar-refractivity contribution in [3.05, 3.63) is 17.5 Å². The first kappa shape index (κ1) is 14.8. The van der Waals surface area contributed by atoms with Gasteiger partial charge >= 0.3 is 0 Å². The molecule has 20 heavy (non-hydrogen) atoms. The van der Waals surface area contributed by atoms with E-state index in [0.29, 0.717) is 5.92 Å². The summed E-state index contributed by atoms with van der Waals surface area (Å²) in [6, 6.07) is 2.00. The molecule has 110 valence electrons. The maximum Gasteiger partial charge on any atom is 0.225 e. The van der Waals surface area contributed by atoms with Crippen LogP contribution in [0.25, 0.3) is 0 Å². The smallest absolute Gasteiger partial charge is 0.225 e. The summed E-state index contributed by atoms with van der Waals surface area (Å²) in [5, 5.41) is 2.88. The van der Waals surface area contributed by atoms with Crippen LogP contribution >= 0.6 is 0 Å². The lowest BCUT2D eigenvalue weighted by atomic mass is 9.95. The summed E-state index contributed by atoms with van der Waals surface area (Å²) in [6.07, 6.45) is 3.42. The lowest BCUT2D eigenvalue weighted by Crippen LogP contribution is -2.38. The molecule has 0 unspecified atom stereocenters. The lowest BCUT2D eigenvalue weighted by molar-refractivity contribution is -0.119.